The lowest BCUT2D eigenvalue weighted by Crippen LogP contribution is -2.10. The van der Waals surface area contributed by atoms with Crippen LogP contribution in [0.25, 0.3) is 10.6 Å². The number of ether oxygens (including phenoxy) is 1. The Labute approximate surface area is 109 Å². The van der Waals surface area contributed by atoms with Crippen LogP contribution in [-0.4, -0.2) is 17.5 Å². The zero-order valence-corrected chi connectivity index (χ0v) is 11.1. The van der Waals surface area contributed by atoms with Crippen LogP contribution < -0.4 is 10.5 Å². The molecule has 4 nitrogen and oxygen atoms in total. The van der Waals surface area contributed by atoms with E-state index < -0.39 is 5.91 Å². The topological polar surface area (TPSA) is 65.2 Å². The molecule has 0 saturated heterocycles. The van der Waals surface area contributed by atoms with Crippen molar-refractivity contribution >= 4 is 17.2 Å². The highest BCUT2D eigenvalue weighted by Crippen LogP contribution is 2.28. The largest absolute Gasteiger partial charge is 0.494 e. The molecule has 0 aliphatic rings. The lowest BCUT2D eigenvalue weighted by molar-refractivity contribution is 0.0996. The molecular formula is C13H14N2O2S. The number of amides is 1. The SMILES string of the molecule is CCOc1ccc(-c2nc(C(N)=O)cs2)cc1C. The Morgan fingerprint density at radius 1 is 1.50 bits per heavy atom. The van der Waals surface area contributed by atoms with Crippen LogP contribution in [0.4, 0.5) is 0 Å². The average Bonchev–Trinajstić information content (AvgIpc) is 2.81. The molecule has 1 heterocycles. The summed E-state index contributed by atoms with van der Waals surface area (Å²) in [4.78, 5) is 15.2. The number of aryl methyl sites for hydroxylation is 1. The Hall–Kier alpha value is -1.88. The lowest BCUT2D eigenvalue weighted by Gasteiger charge is -2.07. The van der Waals surface area contributed by atoms with Gasteiger partial charge in [-0.25, -0.2) is 4.98 Å². The van der Waals surface area contributed by atoms with Crippen molar-refractivity contribution in [3.8, 4) is 16.3 Å². The Kier molecular flexibility index (Phi) is 3.62. The molecule has 2 N–H and O–H groups in total. The third-order valence-corrected chi connectivity index (χ3v) is 3.37. The summed E-state index contributed by atoms with van der Waals surface area (Å²) in [6.45, 7) is 4.58. The van der Waals surface area contributed by atoms with Crippen molar-refractivity contribution in [3.05, 3.63) is 34.8 Å². The van der Waals surface area contributed by atoms with Gasteiger partial charge in [0.1, 0.15) is 16.5 Å². The first-order chi connectivity index (χ1) is 8.61. The van der Waals surface area contributed by atoms with Crippen molar-refractivity contribution in [1.29, 1.82) is 0 Å². The minimum Gasteiger partial charge on any atom is -0.494 e. The number of carbonyl (C=O) groups excluding carboxylic acids is 1. The van der Waals surface area contributed by atoms with Crippen LogP contribution in [0.1, 0.15) is 23.0 Å². The van der Waals surface area contributed by atoms with E-state index in [1.807, 2.05) is 32.0 Å². The van der Waals surface area contributed by atoms with Crippen LogP contribution in [-0.2, 0) is 0 Å². The standard InChI is InChI=1S/C13H14N2O2S/c1-3-17-11-5-4-9(6-8(11)2)13-15-10(7-18-13)12(14)16/h4-7H,3H2,1-2H3,(H2,14,16). The van der Waals surface area contributed by atoms with E-state index in [4.69, 9.17) is 10.5 Å². The third-order valence-electron chi connectivity index (χ3n) is 2.48. The summed E-state index contributed by atoms with van der Waals surface area (Å²) >= 11 is 1.41. The monoisotopic (exact) mass is 262 g/mol. The molecule has 0 radical (unpaired) electrons. The molecule has 1 aromatic heterocycles. The number of benzene rings is 1. The zero-order valence-electron chi connectivity index (χ0n) is 10.3. The summed E-state index contributed by atoms with van der Waals surface area (Å²) in [6.07, 6.45) is 0. The number of rotatable bonds is 4. The molecule has 0 bridgehead atoms. The fourth-order valence-electron chi connectivity index (χ4n) is 1.62. The second-order valence-electron chi connectivity index (χ2n) is 3.82. The molecule has 0 spiro atoms. The smallest absolute Gasteiger partial charge is 0.268 e. The normalized spacial score (nSPS) is 10.3. The molecule has 0 aliphatic carbocycles. The summed E-state index contributed by atoms with van der Waals surface area (Å²) < 4.78 is 5.48. The molecular weight excluding hydrogens is 248 g/mol. The van der Waals surface area contributed by atoms with Gasteiger partial charge in [0.15, 0.2) is 0 Å². The summed E-state index contributed by atoms with van der Waals surface area (Å²) in [5.41, 5.74) is 7.50. The van der Waals surface area contributed by atoms with Crippen molar-refractivity contribution in [1.82, 2.24) is 4.98 Å². The van der Waals surface area contributed by atoms with Gasteiger partial charge in [0.2, 0.25) is 0 Å². The maximum Gasteiger partial charge on any atom is 0.268 e. The van der Waals surface area contributed by atoms with Gasteiger partial charge < -0.3 is 10.5 Å². The number of nitrogens with zero attached hydrogens (tertiary/aromatic N) is 1. The Morgan fingerprint density at radius 3 is 2.83 bits per heavy atom. The Balaban J connectivity index is 2.33. The molecule has 2 aromatic rings. The first-order valence-electron chi connectivity index (χ1n) is 5.61. The predicted molar refractivity (Wildman–Crippen MR) is 72.0 cm³/mol. The van der Waals surface area contributed by atoms with Gasteiger partial charge in [-0.1, -0.05) is 0 Å². The van der Waals surface area contributed by atoms with Gasteiger partial charge in [-0.05, 0) is 37.6 Å². The molecule has 18 heavy (non-hydrogen) atoms. The van der Waals surface area contributed by atoms with Crippen molar-refractivity contribution < 1.29 is 9.53 Å². The van der Waals surface area contributed by atoms with Crippen molar-refractivity contribution in [2.75, 3.05) is 6.61 Å². The predicted octanol–water partition coefficient (Wildman–Crippen LogP) is 2.62. The minimum atomic E-state index is -0.500. The van der Waals surface area contributed by atoms with E-state index in [0.29, 0.717) is 12.3 Å². The highest BCUT2D eigenvalue weighted by molar-refractivity contribution is 7.13. The van der Waals surface area contributed by atoms with Gasteiger partial charge >= 0.3 is 0 Å². The molecule has 0 fully saturated rings. The summed E-state index contributed by atoms with van der Waals surface area (Å²) in [5.74, 6) is 0.369. The second kappa shape index (κ2) is 5.18. The van der Waals surface area contributed by atoms with Crippen LogP contribution in [0.15, 0.2) is 23.6 Å². The number of nitrogens with two attached hydrogens (primary N) is 1. The van der Waals surface area contributed by atoms with Crippen molar-refractivity contribution in [2.45, 2.75) is 13.8 Å². The molecule has 0 saturated carbocycles. The number of thiazole rings is 1. The summed E-state index contributed by atoms with van der Waals surface area (Å²) in [6, 6.07) is 5.84. The number of hydrogen-bond donors (Lipinski definition) is 1. The Bertz CT molecular complexity index is 578. The van der Waals surface area contributed by atoms with Gasteiger partial charge in [-0.15, -0.1) is 11.3 Å². The first-order valence-corrected chi connectivity index (χ1v) is 6.49. The van der Waals surface area contributed by atoms with Gasteiger partial charge in [0, 0.05) is 10.9 Å². The van der Waals surface area contributed by atoms with E-state index in [1.165, 1.54) is 11.3 Å². The highest BCUT2D eigenvalue weighted by Gasteiger charge is 2.09. The second-order valence-corrected chi connectivity index (χ2v) is 4.67. The lowest BCUT2D eigenvalue weighted by atomic mass is 10.1. The first kappa shape index (κ1) is 12.6. The molecule has 5 heteroatoms. The maximum atomic E-state index is 11.0. The van der Waals surface area contributed by atoms with Gasteiger partial charge in [-0.3, -0.25) is 4.79 Å². The van der Waals surface area contributed by atoms with Crippen LogP contribution in [0.3, 0.4) is 0 Å². The number of aromatic nitrogens is 1. The van der Waals surface area contributed by atoms with Crippen molar-refractivity contribution in [3.63, 3.8) is 0 Å². The van der Waals surface area contributed by atoms with Gasteiger partial charge in [-0.2, -0.15) is 0 Å². The minimum absolute atomic E-state index is 0.307. The maximum absolute atomic E-state index is 11.0. The van der Waals surface area contributed by atoms with E-state index >= 15 is 0 Å². The fraction of sp³-hybridized carbons (Fsp3) is 0.231. The quantitative estimate of drug-likeness (QED) is 0.921. The Morgan fingerprint density at radius 2 is 2.28 bits per heavy atom. The summed E-state index contributed by atoms with van der Waals surface area (Å²) in [5, 5.41) is 2.46. The van der Waals surface area contributed by atoms with E-state index in [2.05, 4.69) is 4.98 Å². The molecule has 1 amide bonds. The zero-order chi connectivity index (χ0) is 13.1. The van der Waals surface area contributed by atoms with Gasteiger partial charge in [0.25, 0.3) is 5.91 Å². The molecule has 2 rings (SSSR count). The molecule has 0 aliphatic heterocycles. The molecule has 0 unspecified atom stereocenters. The van der Waals surface area contributed by atoms with Crippen molar-refractivity contribution in [2.24, 2.45) is 5.73 Å². The highest BCUT2D eigenvalue weighted by atomic mass is 32.1. The third kappa shape index (κ3) is 2.51. The van der Waals surface area contributed by atoms with Crippen LogP contribution in [0.2, 0.25) is 0 Å². The number of carbonyl (C=O) groups is 1. The van der Waals surface area contributed by atoms with E-state index in [9.17, 15) is 4.79 Å². The number of hydrogen-bond acceptors (Lipinski definition) is 4. The van der Waals surface area contributed by atoms with E-state index in [0.717, 1.165) is 21.9 Å². The van der Waals surface area contributed by atoms with Crippen LogP contribution in [0, 0.1) is 6.92 Å². The van der Waals surface area contributed by atoms with Crippen LogP contribution in [0.5, 0.6) is 5.75 Å². The van der Waals surface area contributed by atoms with Gasteiger partial charge in [0.05, 0.1) is 6.61 Å². The van der Waals surface area contributed by atoms with E-state index in [1.54, 1.807) is 5.38 Å². The van der Waals surface area contributed by atoms with E-state index in [-0.39, 0.29) is 0 Å². The molecule has 1 aromatic carbocycles. The molecule has 94 valence electrons. The average molecular weight is 262 g/mol. The molecule has 0 atom stereocenters. The number of primary amides is 1. The summed E-state index contributed by atoms with van der Waals surface area (Å²) in [7, 11) is 0. The fourth-order valence-corrected chi connectivity index (χ4v) is 2.43. The van der Waals surface area contributed by atoms with Crippen LogP contribution >= 0.6 is 11.3 Å².